The van der Waals surface area contributed by atoms with Crippen LogP contribution in [0.25, 0.3) is 0 Å². The highest BCUT2D eigenvalue weighted by atomic mass is 16.2. The van der Waals surface area contributed by atoms with Crippen molar-refractivity contribution in [1.82, 2.24) is 19.8 Å². The second-order valence-electron chi connectivity index (χ2n) is 5.74. The summed E-state index contributed by atoms with van der Waals surface area (Å²) in [7, 11) is 0. The third-order valence-corrected chi connectivity index (χ3v) is 4.29. The molecule has 0 N–H and O–H groups in total. The van der Waals surface area contributed by atoms with Gasteiger partial charge < -0.3 is 14.7 Å². The molecule has 3 rings (SSSR count). The highest BCUT2D eigenvalue weighted by Gasteiger charge is 2.21. The van der Waals surface area contributed by atoms with Crippen LogP contribution in [0, 0.1) is 0 Å². The summed E-state index contributed by atoms with van der Waals surface area (Å²) in [6.45, 7) is 4.50. The number of piperidine rings is 1. The van der Waals surface area contributed by atoms with Crippen molar-refractivity contribution >= 4 is 18.1 Å². The molecule has 7 nitrogen and oxygen atoms in total. The minimum absolute atomic E-state index is 0.0236. The van der Waals surface area contributed by atoms with Crippen LogP contribution in [0.3, 0.4) is 0 Å². The van der Waals surface area contributed by atoms with Crippen LogP contribution in [0.1, 0.15) is 29.8 Å². The van der Waals surface area contributed by atoms with E-state index in [4.69, 9.17) is 0 Å². The Morgan fingerprint density at radius 3 is 2.27 bits per heavy atom. The van der Waals surface area contributed by atoms with Crippen molar-refractivity contribution in [3.63, 3.8) is 0 Å². The van der Waals surface area contributed by atoms with E-state index < -0.39 is 0 Å². The molecule has 0 bridgehead atoms. The Labute approximate surface area is 129 Å². The number of nitrogens with zero attached hydrogens (tertiary/aromatic N) is 5. The molecule has 2 aliphatic heterocycles. The van der Waals surface area contributed by atoms with E-state index in [2.05, 4.69) is 14.9 Å². The van der Waals surface area contributed by atoms with Crippen LogP contribution in [-0.4, -0.2) is 71.4 Å². The maximum Gasteiger partial charge on any atom is 0.274 e. The van der Waals surface area contributed by atoms with Crippen molar-refractivity contribution in [2.75, 3.05) is 44.2 Å². The van der Waals surface area contributed by atoms with Gasteiger partial charge in [-0.2, -0.15) is 0 Å². The summed E-state index contributed by atoms with van der Waals surface area (Å²) in [6, 6.07) is 0. The standard InChI is InChI=1S/C15H21N5O2/c21-12-18-6-8-19(9-7-18)14-11-16-13(10-17-14)15(22)20-4-2-1-3-5-20/h10-12H,1-9H2. The number of likely N-dealkylation sites (tertiary alicyclic amines) is 1. The Balaban J connectivity index is 1.62. The number of anilines is 1. The second-order valence-corrected chi connectivity index (χ2v) is 5.74. The first kappa shape index (κ1) is 14.7. The van der Waals surface area contributed by atoms with Gasteiger partial charge in [-0.25, -0.2) is 9.97 Å². The van der Waals surface area contributed by atoms with E-state index in [1.165, 1.54) is 6.42 Å². The number of piperazine rings is 1. The lowest BCUT2D eigenvalue weighted by atomic mass is 10.1. The van der Waals surface area contributed by atoms with Gasteiger partial charge in [0.2, 0.25) is 6.41 Å². The summed E-state index contributed by atoms with van der Waals surface area (Å²) in [5.74, 6) is 0.741. The molecule has 0 unspecified atom stereocenters. The fourth-order valence-corrected chi connectivity index (χ4v) is 2.91. The van der Waals surface area contributed by atoms with E-state index >= 15 is 0 Å². The zero-order chi connectivity index (χ0) is 15.4. The van der Waals surface area contributed by atoms with Crippen LogP contribution in [0.5, 0.6) is 0 Å². The average Bonchev–Trinajstić information content (AvgIpc) is 2.62. The molecule has 0 radical (unpaired) electrons. The Morgan fingerprint density at radius 1 is 0.955 bits per heavy atom. The summed E-state index contributed by atoms with van der Waals surface area (Å²) in [6.07, 6.45) is 7.44. The average molecular weight is 303 g/mol. The molecule has 1 aromatic rings. The first-order chi connectivity index (χ1) is 10.8. The second kappa shape index (κ2) is 6.72. The van der Waals surface area contributed by atoms with E-state index in [1.54, 1.807) is 17.3 Å². The molecule has 0 aliphatic carbocycles. The number of rotatable bonds is 3. The van der Waals surface area contributed by atoms with Gasteiger partial charge in [0, 0.05) is 39.3 Å². The van der Waals surface area contributed by atoms with Gasteiger partial charge in [-0.3, -0.25) is 9.59 Å². The minimum Gasteiger partial charge on any atom is -0.352 e. The molecule has 3 heterocycles. The number of hydrogen-bond acceptors (Lipinski definition) is 5. The fraction of sp³-hybridized carbons (Fsp3) is 0.600. The normalized spacial score (nSPS) is 19.2. The zero-order valence-corrected chi connectivity index (χ0v) is 12.6. The summed E-state index contributed by atoms with van der Waals surface area (Å²) in [5, 5.41) is 0. The molecule has 0 atom stereocenters. The van der Waals surface area contributed by atoms with Crippen LogP contribution < -0.4 is 4.90 Å². The van der Waals surface area contributed by atoms with Gasteiger partial charge in [-0.15, -0.1) is 0 Å². The maximum absolute atomic E-state index is 12.3. The molecule has 1 aromatic heterocycles. The van der Waals surface area contributed by atoms with Crippen LogP contribution in [0.2, 0.25) is 0 Å². The van der Waals surface area contributed by atoms with Gasteiger partial charge in [-0.1, -0.05) is 0 Å². The highest BCUT2D eigenvalue weighted by Crippen LogP contribution is 2.14. The lowest BCUT2D eigenvalue weighted by Gasteiger charge is -2.33. The lowest BCUT2D eigenvalue weighted by molar-refractivity contribution is -0.118. The maximum atomic E-state index is 12.3. The molecule has 22 heavy (non-hydrogen) atoms. The van der Waals surface area contributed by atoms with Crippen molar-refractivity contribution in [3.8, 4) is 0 Å². The lowest BCUT2D eigenvalue weighted by Crippen LogP contribution is -2.46. The molecule has 2 aliphatic rings. The summed E-state index contributed by atoms with van der Waals surface area (Å²) in [5.41, 5.74) is 0.414. The van der Waals surface area contributed by atoms with E-state index in [0.29, 0.717) is 18.8 Å². The Hall–Kier alpha value is -2.18. The topological polar surface area (TPSA) is 69.6 Å². The third kappa shape index (κ3) is 3.18. The molecular formula is C15H21N5O2. The number of amides is 2. The van der Waals surface area contributed by atoms with Gasteiger partial charge in [0.15, 0.2) is 0 Å². The van der Waals surface area contributed by atoms with Crippen LogP contribution >= 0.6 is 0 Å². The Kier molecular flexibility index (Phi) is 4.50. The monoisotopic (exact) mass is 303 g/mol. The summed E-state index contributed by atoms with van der Waals surface area (Å²) >= 11 is 0. The fourth-order valence-electron chi connectivity index (χ4n) is 2.91. The van der Waals surface area contributed by atoms with Gasteiger partial charge >= 0.3 is 0 Å². The van der Waals surface area contributed by atoms with Gasteiger partial charge in [0.05, 0.1) is 12.4 Å². The number of carbonyl (C=O) groups is 2. The van der Waals surface area contributed by atoms with Crippen molar-refractivity contribution in [3.05, 3.63) is 18.1 Å². The molecule has 2 saturated heterocycles. The largest absolute Gasteiger partial charge is 0.352 e. The van der Waals surface area contributed by atoms with Gasteiger partial charge in [-0.05, 0) is 19.3 Å². The van der Waals surface area contributed by atoms with Gasteiger partial charge in [0.25, 0.3) is 5.91 Å². The van der Waals surface area contributed by atoms with Crippen molar-refractivity contribution in [2.45, 2.75) is 19.3 Å². The summed E-state index contributed by atoms with van der Waals surface area (Å²) in [4.78, 5) is 37.4. The third-order valence-electron chi connectivity index (χ3n) is 4.29. The molecular weight excluding hydrogens is 282 g/mol. The quantitative estimate of drug-likeness (QED) is 0.755. The van der Waals surface area contributed by atoms with E-state index in [0.717, 1.165) is 51.2 Å². The summed E-state index contributed by atoms with van der Waals surface area (Å²) < 4.78 is 0. The van der Waals surface area contributed by atoms with Crippen LogP contribution in [-0.2, 0) is 4.79 Å². The molecule has 2 fully saturated rings. The molecule has 7 heteroatoms. The molecule has 118 valence electrons. The molecule has 0 saturated carbocycles. The van der Waals surface area contributed by atoms with Gasteiger partial charge in [0.1, 0.15) is 11.5 Å². The Morgan fingerprint density at radius 2 is 1.68 bits per heavy atom. The molecule has 0 spiro atoms. The number of hydrogen-bond donors (Lipinski definition) is 0. The van der Waals surface area contributed by atoms with E-state index in [1.807, 2.05) is 4.90 Å². The predicted molar refractivity (Wildman–Crippen MR) is 81.6 cm³/mol. The minimum atomic E-state index is -0.0236. The SMILES string of the molecule is O=CN1CCN(c2cnc(C(=O)N3CCCCC3)cn2)CC1. The number of carbonyl (C=O) groups excluding carboxylic acids is 2. The first-order valence-electron chi connectivity index (χ1n) is 7.83. The smallest absolute Gasteiger partial charge is 0.274 e. The highest BCUT2D eigenvalue weighted by molar-refractivity contribution is 5.92. The van der Waals surface area contributed by atoms with Crippen molar-refractivity contribution in [2.24, 2.45) is 0 Å². The molecule has 2 amide bonds. The van der Waals surface area contributed by atoms with Crippen molar-refractivity contribution in [1.29, 1.82) is 0 Å². The zero-order valence-electron chi connectivity index (χ0n) is 12.6. The van der Waals surface area contributed by atoms with E-state index in [9.17, 15) is 9.59 Å². The Bertz CT molecular complexity index is 519. The molecule has 0 aromatic carbocycles. The van der Waals surface area contributed by atoms with E-state index in [-0.39, 0.29) is 5.91 Å². The van der Waals surface area contributed by atoms with Crippen LogP contribution in [0.4, 0.5) is 5.82 Å². The van der Waals surface area contributed by atoms with Crippen molar-refractivity contribution < 1.29 is 9.59 Å². The van der Waals surface area contributed by atoms with Crippen LogP contribution in [0.15, 0.2) is 12.4 Å². The first-order valence-corrected chi connectivity index (χ1v) is 7.83. The number of aromatic nitrogens is 2. The predicted octanol–water partition coefficient (Wildman–Crippen LogP) is 0.381.